The molecule has 1 aromatic carbocycles. The van der Waals surface area contributed by atoms with Crippen LogP contribution in [-0.2, 0) is 4.79 Å². The van der Waals surface area contributed by atoms with Gasteiger partial charge in [-0.1, -0.05) is 6.07 Å². The van der Waals surface area contributed by atoms with Crippen LogP contribution in [-0.4, -0.2) is 39.2 Å². The molecule has 2 heterocycles. The number of rotatable bonds is 2. The van der Waals surface area contributed by atoms with Gasteiger partial charge in [-0.25, -0.2) is 4.98 Å². The highest BCUT2D eigenvalue weighted by Crippen LogP contribution is 2.15. The second-order valence-corrected chi connectivity index (χ2v) is 4.73. The molecule has 2 unspecified atom stereocenters. The van der Waals surface area contributed by atoms with Crippen LogP contribution in [0, 0.1) is 0 Å². The van der Waals surface area contributed by atoms with E-state index >= 15 is 0 Å². The molecule has 3 rings (SSSR count). The van der Waals surface area contributed by atoms with Crippen LogP contribution in [0.4, 0.5) is 0 Å². The van der Waals surface area contributed by atoms with Gasteiger partial charge in [0.2, 0.25) is 5.91 Å². The van der Waals surface area contributed by atoms with Crippen molar-refractivity contribution in [1.82, 2.24) is 20.6 Å². The van der Waals surface area contributed by atoms with Crippen molar-refractivity contribution in [3.05, 3.63) is 30.1 Å². The Bertz CT molecular complexity index is 666. The van der Waals surface area contributed by atoms with E-state index in [1.54, 1.807) is 18.2 Å². The van der Waals surface area contributed by atoms with E-state index in [2.05, 4.69) is 20.6 Å². The van der Waals surface area contributed by atoms with E-state index in [1.165, 1.54) is 6.33 Å². The molecule has 1 aliphatic rings. The number of para-hydroxylation sites is 1. The number of benzene rings is 1. The number of imidazole rings is 1. The molecule has 0 spiro atoms. The molecule has 2 amide bonds. The Balaban J connectivity index is 1.80. The number of nitrogens with zero attached hydrogens (tertiary/aromatic N) is 1. The third-order valence-corrected chi connectivity index (χ3v) is 3.36. The Labute approximate surface area is 114 Å². The van der Waals surface area contributed by atoms with Gasteiger partial charge in [-0.2, -0.15) is 0 Å². The summed E-state index contributed by atoms with van der Waals surface area (Å²) in [5.74, 6) is -0.703. The maximum Gasteiger partial charge on any atom is 0.254 e. The van der Waals surface area contributed by atoms with Gasteiger partial charge >= 0.3 is 0 Å². The molecule has 4 N–H and O–H groups in total. The second kappa shape index (κ2) is 4.93. The Kier molecular flexibility index (Phi) is 3.11. The number of carbonyl (C=O) groups excluding carboxylic acids is 2. The fraction of sp³-hybridized carbons (Fsp3) is 0.308. The normalized spacial score (nSPS) is 22.6. The Morgan fingerprint density at radius 1 is 1.40 bits per heavy atom. The zero-order chi connectivity index (χ0) is 14.1. The number of aliphatic hydroxyl groups excluding tert-OH is 1. The van der Waals surface area contributed by atoms with Crippen molar-refractivity contribution in [3.8, 4) is 0 Å². The van der Waals surface area contributed by atoms with Crippen LogP contribution < -0.4 is 10.6 Å². The van der Waals surface area contributed by atoms with Gasteiger partial charge in [0.15, 0.2) is 0 Å². The van der Waals surface area contributed by atoms with Crippen molar-refractivity contribution >= 4 is 22.8 Å². The molecule has 1 aromatic heterocycles. The minimum absolute atomic E-state index is 0.337. The van der Waals surface area contributed by atoms with E-state index in [0.717, 1.165) is 0 Å². The van der Waals surface area contributed by atoms with Gasteiger partial charge in [0.25, 0.3) is 5.91 Å². The third kappa shape index (κ3) is 2.23. The highest BCUT2D eigenvalue weighted by atomic mass is 16.3. The molecule has 20 heavy (non-hydrogen) atoms. The fourth-order valence-electron chi connectivity index (χ4n) is 2.32. The first kappa shape index (κ1) is 12.6. The van der Waals surface area contributed by atoms with Crippen LogP contribution in [0.2, 0.25) is 0 Å². The fourth-order valence-corrected chi connectivity index (χ4v) is 2.32. The lowest BCUT2D eigenvalue weighted by atomic mass is 10.0. The Hall–Kier alpha value is -2.41. The number of piperidine rings is 1. The average Bonchev–Trinajstić information content (AvgIpc) is 2.90. The number of carbonyl (C=O) groups is 2. The van der Waals surface area contributed by atoms with Gasteiger partial charge in [-0.3, -0.25) is 9.59 Å². The van der Waals surface area contributed by atoms with E-state index in [9.17, 15) is 14.7 Å². The topological polar surface area (TPSA) is 107 Å². The number of hydrogen-bond donors (Lipinski definition) is 4. The first-order valence-corrected chi connectivity index (χ1v) is 6.36. The number of hydrogen-bond acceptors (Lipinski definition) is 4. The maximum absolute atomic E-state index is 12.3. The van der Waals surface area contributed by atoms with E-state index in [1.807, 2.05) is 0 Å². The first-order valence-electron chi connectivity index (χ1n) is 6.36. The van der Waals surface area contributed by atoms with Crippen molar-refractivity contribution in [2.24, 2.45) is 0 Å². The van der Waals surface area contributed by atoms with Gasteiger partial charge in [-0.05, 0) is 25.0 Å². The number of aromatic nitrogens is 2. The predicted octanol–water partition coefficient (Wildman–Crippen LogP) is -0.110. The van der Waals surface area contributed by atoms with Crippen LogP contribution in [0.15, 0.2) is 24.5 Å². The minimum Gasteiger partial charge on any atom is -0.374 e. The summed E-state index contributed by atoms with van der Waals surface area (Å²) in [5, 5.41) is 14.4. The Morgan fingerprint density at radius 3 is 3.05 bits per heavy atom. The number of nitrogens with one attached hydrogen (secondary N) is 3. The summed E-state index contributed by atoms with van der Waals surface area (Å²) in [6.45, 7) is 0. The highest BCUT2D eigenvalue weighted by molar-refractivity contribution is 6.06. The number of H-pyrrole nitrogens is 1. The number of amides is 2. The van der Waals surface area contributed by atoms with Crippen molar-refractivity contribution in [2.75, 3.05) is 0 Å². The van der Waals surface area contributed by atoms with Gasteiger partial charge in [0.1, 0.15) is 12.3 Å². The summed E-state index contributed by atoms with van der Waals surface area (Å²) in [6.07, 6.45) is 1.53. The van der Waals surface area contributed by atoms with Gasteiger partial charge in [0.05, 0.1) is 22.9 Å². The van der Waals surface area contributed by atoms with E-state index in [-0.39, 0.29) is 11.8 Å². The third-order valence-electron chi connectivity index (χ3n) is 3.36. The minimum atomic E-state index is -0.827. The SMILES string of the molecule is O=C(NC1CCC(O)NC1=O)c1cccc2nc[nH]c12. The molecular weight excluding hydrogens is 260 g/mol. The largest absolute Gasteiger partial charge is 0.374 e. The summed E-state index contributed by atoms with van der Waals surface area (Å²) in [4.78, 5) is 30.9. The van der Waals surface area contributed by atoms with E-state index in [4.69, 9.17) is 0 Å². The molecular formula is C13H14N4O3. The molecule has 7 nitrogen and oxygen atoms in total. The molecule has 7 heteroatoms. The molecule has 0 bridgehead atoms. The molecule has 0 radical (unpaired) electrons. The summed E-state index contributed by atoms with van der Waals surface area (Å²) in [5.41, 5.74) is 1.78. The number of fused-ring (bicyclic) bond motifs is 1. The summed E-state index contributed by atoms with van der Waals surface area (Å²) in [6, 6.07) is 4.59. The molecule has 2 atom stereocenters. The van der Waals surface area contributed by atoms with Crippen molar-refractivity contribution in [2.45, 2.75) is 25.1 Å². The molecule has 0 aliphatic carbocycles. The molecule has 0 saturated carbocycles. The van der Waals surface area contributed by atoms with Crippen LogP contribution in [0.5, 0.6) is 0 Å². The quantitative estimate of drug-likeness (QED) is 0.613. The van der Waals surface area contributed by atoms with Crippen LogP contribution in [0.25, 0.3) is 11.0 Å². The zero-order valence-electron chi connectivity index (χ0n) is 10.6. The second-order valence-electron chi connectivity index (χ2n) is 4.73. The molecule has 1 saturated heterocycles. The van der Waals surface area contributed by atoms with Crippen LogP contribution in [0.3, 0.4) is 0 Å². The van der Waals surface area contributed by atoms with E-state index < -0.39 is 12.3 Å². The average molecular weight is 274 g/mol. The van der Waals surface area contributed by atoms with Gasteiger partial charge in [0, 0.05) is 0 Å². The van der Waals surface area contributed by atoms with Gasteiger partial charge in [-0.15, -0.1) is 0 Å². The molecule has 1 aliphatic heterocycles. The summed E-state index contributed by atoms with van der Waals surface area (Å²) < 4.78 is 0. The zero-order valence-corrected chi connectivity index (χ0v) is 10.6. The lowest BCUT2D eigenvalue weighted by Crippen LogP contribution is -2.53. The monoisotopic (exact) mass is 274 g/mol. The lowest BCUT2D eigenvalue weighted by molar-refractivity contribution is -0.128. The molecule has 104 valence electrons. The Morgan fingerprint density at radius 2 is 2.25 bits per heavy atom. The predicted molar refractivity (Wildman–Crippen MR) is 70.7 cm³/mol. The summed E-state index contributed by atoms with van der Waals surface area (Å²) in [7, 11) is 0. The van der Waals surface area contributed by atoms with Crippen molar-refractivity contribution in [1.29, 1.82) is 0 Å². The first-order chi connectivity index (χ1) is 9.65. The van der Waals surface area contributed by atoms with Crippen LogP contribution >= 0.6 is 0 Å². The van der Waals surface area contributed by atoms with Gasteiger partial charge < -0.3 is 20.7 Å². The summed E-state index contributed by atoms with van der Waals surface area (Å²) >= 11 is 0. The molecule has 2 aromatic rings. The lowest BCUT2D eigenvalue weighted by Gasteiger charge is -2.26. The number of aromatic amines is 1. The van der Waals surface area contributed by atoms with E-state index in [0.29, 0.717) is 29.4 Å². The smallest absolute Gasteiger partial charge is 0.254 e. The highest BCUT2D eigenvalue weighted by Gasteiger charge is 2.28. The standard InChI is InChI=1S/C13H14N4O3/c18-10-5-4-9(13(20)17-10)16-12(19)7-2-1-3-8-11(7)15-6-14-8/h1-3,6,9-10,18H,4-5H2,(H,14,15)(H,16,19)(H,17,20). The van der Waals surface area contributed by atoms with Crippen LogP contribution in [0.1, 0.15) is 23.2 Å². The van der Waals surface area contributed by atoms with Crippen molar-refractivity contribution < 1.29 is 14.7 Å². The van der Waals surface area contributed by atoms with Crippen molar-refractivity contribution in [3.63, 3.8) is 0 Å². The molecule has 1 fully saturated rings. The maximum atomic E-state index is 12.3. The number of aliphatic hydroxyl groups is 1.